The fourth-order valence-corrected chi connectivity index (χ4v) is 2.74. The molecule has 6 heteroatoms. The quantitative estimate of drug-likeness (QED) is 0.784. The Labute approximate surface area is 108 Å². The first-order chi connectivity index (χ1) is 8.74. The van der Waals surface area contributed by atoms with Crippen molar-refractivity contribution >= 4 is 27.4 Å². The second kappa shape index (κ2) is 4.38. The van der Waals surface area contributed by atoms with Crippen LogP contribution in [0.4, 0.5) is 5.82 Å². The van der Waals surface area contributed by atoms with E-state index in [1.807, 2.05) is 13.0 Å². The zero-order valence-electron chi connectivity index (χ0n) is 10.1. The van der Waals surface area contributed by atoms with E-state index in [1.165, 1.54) is 5.56 Å². The van der Waals surface area contributed by atoms with E-state index < -0.39 is 0 Å². The summed E-state index contributed by atoms with van der Waals surface area (Å²) >= 11 is 1.65. The van der Waals surface area contributed by atoms with Crippen molar-refractivity contribution in [3.8, 4) is 0 Å². The first kappa shape index (κ1) is 11.2. The molecule has 0 unspecified atom stereocenters. The Hall–Kier alpha value is -1.95. The van der Waals surface area contributed by atoms with Crippen molar-refractivity contribution in [1.82, 2.24) is 15.1 Å². The van der Waals surface area contributed by atoms with E-state index in [0.717, 1.165) is 27.5 Å². The molecule has 3 heterocycles. The molecule has 1 N–H and O–H groups in total. The van der Waals surface area contributed by atoms with Crippen molar-refractivity contribution in [3.63, 3.8) is 0 Å². The molecule has 0 aliphatic heterocycles. The number of thiophene rings is 1. The van der Waals surface area contributed by atoms with Crippen molar-refractivity contribution in [1.29, 1.82) is 0 Å². The molecule has 0 amide bonds. The number of hydrogen-bond donors (Lipinski definition) is 1. The van der Waals surface area contributed by atoms with Crippen LogP contribution in [0.2, 0.25) is 0 Å². The minimum atomic E-state index is 0.598. The van der Waals surface area contributed by atoms with Gasteiger partial charge in [-0.3, -0.25) is 0 Å². The second-order valence-corrected chi connectivity index (χ2v) is 4.98. The number of hydrogen-bond acceptors (Lipinski definition) is 6. The van der Waals surface area contributed by atoms with Crippen LogP contribution in [0.15, 0.2) is 22.3 Å². The highest BCUT2D eigenvalue weighted by Gasteiger charge is 2.08. The van der Waals surface area contributed by atoms with Crippen LogP contribution in [0.5, 0.6) is 0 Å². The molecule has 0 fully saturated rings. The summed E-state index contributed by atoms with van der Waals surface area (Å²) in [6.45, 7) is 4.53. The SMILES string of the molecule is Cc1cc(CNc2ncnc3c(C)csc23)no1. The lowest BCUT2D eigenvalue weighted by Crippen LogP contribution is -2.01. The molecular weight excluding hydrogens is 248 g/mol. The van der Waals surface area contributed by atoms with Gasteiger partial charge in [-0.2, -0.15) is 0 Å². The van der Waals surface area contributed by atoms with Crippen LogP contribution in [-0.4, -0.2) is 15.1 Å². The lowest BCUT2D eigenvalue weighted by Gasteiger charge is -2.03. The number of nitrogens with one attached hydrogen (secondary N) is 1. The normalized spacial score (nSPS) is 11.0. The van der Waals surface area contributed by atoms with Crippen LogP contribution in [0.3, 0.4) is 0 Å². The lowest BCUT2D eigenvalue weighted by atomic mass is 10.3. The second-order valence-electron chi connectivity index (χ2n) is 4.10. The summed E-state index contributed by atoms with van der Waals surface area (Å²) in [5.74, 6) is 1.66. The Balaban J connectivity index is 1.86. The summed E-state index contributed by atoms with van der Waals surface area (Å²) < 4.78 is 6.10. The topological polar surface area (TPSA) is 63.8 Å². The number of anilines is 1. The summed E-state index contributed by atoms with van der Waals surface area (Å²) in [4.78, 5) is 8.56. The van der Waals surface area contributed by atoms with Gasteiger partial charge in [-0.25, -0.2) is 9.97 Å². The Bertz CT molecular complexity index is 688. The maximum Gasteiger partial charge on any atom is 0.147 e. The smallest absolute Gasteiger partial charge is 0.147 e. The van der Waals surface area contributed by atoms with Gasteiger partial charge in [0, 0.05) is 6.07 Å². The molecule has 92 valence electrons. The summed E-state index contributed by atoms with van der Waals surface area (Å²) in [6.07, 6.45) is 1.58. The average Bonchev–Trinajstić information content (AvgIpc) is 2.94. The molecule has 0 radical (unpaired) electrons. The molecule has 0 spiro atoms. The van der Waals surface area contributed by atoms with Gasteiger partial charge in [0.05, 0.1) is 16.8 Å². The molecule has 0 aromatic carbocycles. The predicted octanol–water partition coefficient (Wildman–Crippen LogP) is 2.91. The maximum atomic E-state index is 5.02. The van der Waals surface area contributed by atoms with Crippen molar-refractivity contribution < 1.29 is 4.52 Å². The van der Waals surface area contributed by atoms with Crippen LogP contribution in [-0.2, 0) is 6.54 Å². The Morgan fingerprint density at radius 2 is 2.22 bits per heavy atom. The van der Waals surface area contributed by atoms with Gasteiger partial charge < -0.3 is 9.84 Å². The van der Waals surface area contributed by atoms with E-state index in [1.54, 1.807) is 17.7 Å². The zero-order valence-corrected chi connectivity index (χ0v) is 10.9. The van der Waals surface area contributed by atoms with Crippen molar-refractivity contribution in [2.75, 3.05) is 5.32 Å². The maximum absolute atomic E-state index is 5.02. The first-order valence-electron chi connectivity index (χ1n) is 5.59. The van der Waals surface area contributed by atoms with Gasteiger partial charge in [-0.1, -0.05) is 5.16 Å². The molecule has 0 saturated carbocycles. The van der Waals surface area contributed by atoms with Gasteiger partial charge in [0.1, 0.15) is 23.6 Å². The zero-order chi connectivity index (χ0) is 12.5. The van der Waals surface area contributed by atoms with Gasteiger partial charge in [0.25, 0.3) is 0 Å². The highest BCUT2D eigenvalue weighted by Crippen LogP contribution is 2.28. The van der Waals surface area contributed by atoms with E-state index in [9.17, 15) is 0 Å². The van der Waals surface area contributed by atoms with Crippen LogP contribution < -0.4 is 5.32 Å². The molecule has 0 saturated heterocycles. The number of fused-ring (bicyclic) bond motifs is 1. The number of aryl methyl sites for hydroxylation is 2. The van der Waals surface area contributed by atoms with Gasteiger partial charge in [-0.05, 0) is 24.8 Å². The fraction of sp³-hybridized carbons (Fsp3) is 0.250. The largest absolute Gasteiger partial charge is 0.363 e. The number of aromatic nitrogens is 3. The van der Waals surface area contributed by atoms with E-state index in [2.05, 4.69) is 32.7 Å². The van der Waals surface area contributed by atoms with Crippen molar-refractivity contribution in [2.45, 2.75) is 20.4 Å². The van der Waals surface area contributed by atoms with Gasteiger partial charge >= 0.3 is 0 Å². The third-order valence-corrected chi connectivity index (χ3v) is 3.74. The van der Waals surface area contributed by atoms with Gasteiger partial charge in [0.15, 0.2) is 0 Å². The Morgan fingerprint density at radius 1 is 1.33 bits per heavy atom. The van der Waals surface area contributed by atoms with E-state index in [4.69, 9.17) is 4.52 Å². The Kier molecular flexibility index (Phi) is 2.71. The molecule has 0 aliphatic carbocycles. The van der Waals surface area contributed by atoms with Crippen molar-refractivity contribution in [3.05, 3.63) is 34.8 Å². The van der Waals surface area contributed by atoms with Crippen LogP contribution >= 0.6 is 11.3 Å². The molecule has 3 rings (SSSR count). The molecule has 18 heavy (non-hydrogen) atoms. The molecule has 0 aliphatic rings. The minimum absolute atomic E-state index is 0.598. The van der Waals surface area contributed by atoms with Crippen LogP contribution in [0.1, 0.15) is 17.0 Å². The number of rotatable bonds is 3. The molecular formula is C12H12N4OS. The number of nitrogens with zero attached hydrogens (tertiary/aromatic N) is 3. The van der Waals surface area contributed by atoms with Crippen LogP contribution in [0.25, 0.3) is 10.2 Å². The van der Waals surface area contributed by atoms with Gasteiger partial charge in [-0.15, -0.1) is 11.3 Å². The third-order valence-electron chi connectivity index (χ3n) is 2.64. The molecule has 3 aromatic heterocycles. The van der Waals surface area contributed by atoms with E-state index in [0.29, 0.717) is 6.54 Å². The molecule has 0 bridgehead atoms. The van der Waals surface area contributed by atoms with Crippen LogP contribution in [0, 0.1) is 13.8 Å². The summed E-state index contributed by atoms with van der Waals surface area (Å²) in [5, 5.41) is 9.29. The predicted molar refractivity (Wildman–Crippen MR) is 70.7 cm³/mol. The first-order valence-corrected chi connectivity index (χ1v) is 6.47. The summed E-state index contributed by atoms with van der Waals surface area (Å²) in [6, 6.07) is 1.91. The summed E-state index contributed by atoms with van der Waals surface area (Å²) in [5.41, 5.74) is 3.05. The molecule has 3 aromatic rings. The van der Waals surface area contributed by atoms with E-state index >= 15 is 0 Å². The van der Waals surface area contributed by atoms with Gasteiger partial charge in [0.2, 0.25) is 0 Å². The fourth-order valence-electron chi connectivity index (χ4n) is 1.77. The lowest BCUT2D eigenvalue weighted by molar-refractivity contribution is 0.391. The molecule has 0 atom stereocenters. The van der Waals surface area contributed by atoms with Crippen molar-refractivity contribution in [2.24, 2.45) is 0 Å². The highest BCUT2D eigenvalue weighted by atomic mass is 32.1. The highest BCUT2D eigenvalue weighted by molar-refractivity contribution is 7.18. The Morgan fingerprint density at radius 3 is 3.00 bits per heavy atom. The van der Waals surface area contributed by atoms with E-state index in [-0.39, 0.29) is 0 Å². The monoisotopic (exact) mass is 260 g/mol. The summed E-state index contributed by atoms with van der Waals surface area (Å²) in [7, 11) is 0. The molecule has 5 nitrogen and oxygen atoms in total. The average molecular weight is 260 g/mol. The minimum Gasteiger partial charge on any atom is -0.363 e. The third kappa shape index (κ3) is 1.95. The standard InChI is InChI=1S/C12H12N4OS/c1-7-5-18-11-10(7)14-6-15-12(11)13-4-9-3-8(2)17-16-9/h3,5-6H,4H2,1-2H3,(H,13,14,15).